The van der Waals surface area contributed by atoms with Crippen molar-refractivity contribution in [3.05, 3.63) is 23.8 Å². The highest BCUT2D eigenvalue weighted by molar-refractivity contribution is 5.13. The Hall–Kier alpha value is -0.960. The fourth-order valence-corrected chi connectivity index (χ4v) is 0.359. The molecule has 0 rings (SSSR count). The molecule has 0 radical (unpaired) electrons. The summed E-state index contributed by atoms with van der Waals surface area (Å²) in [6.07, 6.45) is 10.8. The lowest BCUT2D eigenvalue weighted by molar-refractivity contribution is 1.46. The van der Waals surface area contributed by atoms with Gasteiger partial charge in [0.05, 0.1) is 0 Å². The van der Waals surface area contributed by atoms with E-state index in [1.807, 2.05) is 33.8 Å². The lowest BCUT2D eigenvalue weighted by Crippen LogP contribution is -1.60. The molecule has 0 heterocycles. The Bertz CT molecular complexity index is 142. The maximum atomic E-state index is 4.60. The van der Waals surface area contributed by atoms with Crippen LogP contribution in [0.25, 0.3) is 0 Å². The van der Waals surface area contributed by atoms with Crippen LogP contribution in [0.15, 0.2) is 23.8 Å². The van der Waals surface area contributed by atoms with Crippen molar-refractivity contribution >= 4 is 0 Å². The predicted molar refractivity (Wildman–Crippen MR) is 60.1 cm³/mol. The first-order valence-corrected chi connectivity index (χ1v) is 4.35. The molecule has 0 heteroatoms. The lowest BCUT2D eigenvalue weighted by atomic mass is 10.3. The number of hydrogen-bond acceptors (Lipinski definition) is 0. The van der Waals surface area contributed by atoms with Gasteiger partial charge in [-0.1, -0.05) is 37.6 Å². The second-order valence-electron chi connectivity index (χ2n) is 1.82. The van der Waals surface area contributed by atoms with Crippen LogP contribution in [0.2, 0.25) is 0 Å². The number of hydrogen-bond donors (Lipinski definition) is 0. The van der Waals surface area contributed by atoms with E-state index in [9.17, 15) is 0 Å². The zero-order chi connectivity index (χ0) is 10.4. The highest BCUT2D eigenvalue weighted by atomic mass is 13.8. The molecule has 0 saturated carbocycles. The molecular formula is C12H22. The Balaban J connectivity index is -0.000000137. The summed E-state index contributed by atoms with van der Waals surface area (Å²) >= 11 is 0. The smallest absolute Gasteiger partial charge is 0.00297 e. The van der Waals surface area contributed by atoms with Crippen LogP contribution in [0.1, 0.15) is 41.5 Å². The first-order valence-electron chi connectivity index (χ1n) is 4.35. The van der Waals surface area contributed by atoms with Gasteiger partial charge in [0.1, 0.15) is 0 Å². The van der Waals surface area contributed by atoms with Gasteiger partial charge in [0.15, 0.2) is 0 Å². The van der Waals surface area contributed by atoms with Gasteiger partial charge in [0.2, 0.25) is 0 Å². The Morgan fingerprint density at radius 3 is 1.67 bits per heavy atom. The number of terminal acetylenes is 1. The van der Waals surface area contributed by atoms with E-state index >= 15 is 0 Å². The monoisotopic (exact) mass is 166 g/mol. The van der Waals surface area contributed by atoms with Crippen LogP contribution < -0.4 is 0 Å². The van der Waals surface area contributed by atoms with Crippen LogP contribution in [-0.2, 0) is 0 Å². The van der Waals surface area contributed by atoms with Gasteiger partial charge in [-0.05, 0) is 27.7 Å². The summed E-state index contributed by atoms with van der Waals surface area (Å²) in [5.41, 5.74) is 1.32. The van der Waals surface area contributed by atoms with Crippen LogP contribution in [0.5, 0.6) is 0 Å². The molecule has 0 aliphatic carbocycles. The molecule has 0 aliphatic rings. The van der Waals surface area contributed by atoms with Crippen molar-refractivity contribution in [2.24, 2.45) is 0 Å². The molecule has 12 heavy (non-hydrogen) atoms. The van der Waals surface area contributed by atoms with E-state index in [1.54, 1.807) is 6.92 Å². The number of rotatable bonds is 1. The van der Waals surface area contributed by atoms with Crippen LogP contribution in [0.4, 0.5) is 0 Å². The van der Waals surface area contributed by atoms with Gasteiger partial charge in [0, 0.05) is 0 Å². The summed E-state index contributed by atoms with van der Waals surface area (Å²) in [5, 5.41) is 0. The molecule has 0 bridgehead atoms. The molecule has 0 spiro atoms. The molecule has 0 unspecified atom stereocenters. The highest BCUT2D eigenvalue weighted by Crippen LogP contribution is 1.91. The minimum Gasteiger partial charge on any atom is -0.120 e. The Labute approximate surface area is 78.4 Å². The Morgan fingerprint density at radius 2 is 1.58 bits per heavy atom. The van der Waals surface area contributed by atoms with Gasteiger partial charge >= 0.3 is 0 Å². The molecular weight excluding hydrogens is 144 g/mol. The first kappa shape index (κ1) is 17.2. The molecule has 0 aliphatic heterocycles. The third-order valence-corrected chi connectivity index (χ3v) is 0.885. The van der Waals surface area contributed by atoms with Gasteiger partial charge in [0.25, 0.3) is 0 Å². The lowest BCUT2D eigenvalue weighted by Gasteiger charge is -1.81. The summed E-state index contributed by atoms with van der Waals surface area (Å²) in [4.78, 5) is 0. The summed E-state index contributed by atoms with van der Waals surface area (Å²) in [7, 11) is 0. The molecule has 0 fully saturated rings. The van der Waals surface area contributed by atoms with Gasteiger partial charge in [-0.15, -0.1) is 12.3 Å². The average molecular weight is 166 g/mol. The molecule has 0 aromatic carbocycles. The largest absolute Gasteiger partial charge is 0.120 e. The molecule has 0 aromatic rings. The van der Waals surface area contributed by atoms with Crippen LogP contribution >= 0.6 is 0 Å². The van der Waals surface area contributed by atoms with Crippen molar-refractivity contribution in [3.8, 4) is 12.3 Å². The quantitative estimate of drug-likeness (QED) is 0.404. The van der Waals surface area contributed by atoms with E-state index in [0.29, 0.717) is 0 Å². The molecule has 0 N–H and O–H groups in total. The zero-order valence-corrected chi connectivity index (χ0v) is 9.31. The molecule has 0 amide bonds. The maximum absolute atomic E-state index is 4.60. The average Bonchev–Trinajstić information content (AvgIpc) is 2.10. The van der Waals surface area contributed by atoms with E-state index < -0.39 is 0 Å². The third kappa shape index (κ3) is 35.8. The SMILES string of the molecule is C#CC.C/C=C\C(C)=C/C.CC. The molecule has 0 nitrogen and oxygen atoms in total. The van der Waals surface area contributed by atoms with Crippen LogP contribution in [-0.4, -0.2) is 0 Å². The standard InChI is InChI=1S/C7H12.C3H4.C2H6/c1-4-6-7(3)5-2;1-3-2;1-2/h4-6H,1-3H3;1H,2H3;1-2H3/b6-4-,7-5-;;. The summed E-state index contributed by atoms with van der Waals surface area (Å²) in [5.74, 6) is 2.25. The second kappa shape index (κ2) is 22.5. The van der Waals surface area contributed by atoms with Gasteiger partial charge in [-0.25, -0.2) is 0 Å². The minimum absolute atomic E-state index is 1.32. The van der Waals surface area contributed by atoms with E-state index in [2.05, 4.69) is 31.4 Å². The molecule has 70 valence electrons. The van der Waals surface area contributed by atoms with Crippen molar-refractivity contribution < 1.29 is 0 Å². The molecule has 0 atom stereocenters. The summed E-state index contributed by atoms with van der Waals surface area (Å²) < 4.78 is 0. The molecule has 0 aromatic heterocycles. The van der Waals surface area contributed by atoms with Crippen molar-refractivity contribution in [2.75, 3.05) is 0 Å². The zero-order valence-electron chi connectivity index (χ0n) is 9.31. The van der Waals surface area contributed by atoms with E-state index in [-0.39, 0.29) is 0 Å². The fourth-order valence-electron chi connectivity index (χ4n) is 0.359. The van der Waals surface area contributed by atoms with Gasteiger partial charge in [-0.2, -0.15) is 0 Å². The fraction of sp³-hybridized carbons (Fsp3) is 0.500. The van der Waals surface area contributed by atoms with E-state index in [1.165, 1.54) is 5.57 Å². The van der Waals surface area contributed by atoms with Gasteiger partial charge in [-0.3, -0.25) is 0 Å². The van der Waals surface area contributed by atoms with Crippen molar-refractivity contribution in [1.29, 1.82) is 0 Å². The first-order chi connectivity index (χ1) is 5.72. The van der Waals surface area contributed by atoms with Crippen molar-refractivity contribution in [2.45, 2.75) is 41.5 Å². The topological polar surface area (TPSA) is 0 Å². The Kier molecular flexibility index (Phi) is 32.3. The van der Waals surface area contributed by atoms with E-state index in [0.717, 1.165) is 0 Å². The van der Waals surface area contributed by atoms with Crippen molar-refractivity contribution in [1.82, 2.24) is 0 Å². The van der Waals surface area contributed by atoms with E-state index in [4.69, 9.17) is 0 Å². The predicted octanol–water partition coefficient (Wildman–Crippen LogP) is 4.19. The van der Waals surface area contributed by atoms with Gasteiger partial charge < -0.3 is 0 Å². The maximum Gasteiger partial charge on any atom is -0.00297 e. The van der Waals surface area contributed by atoms with Crippen LogP contribution in [0.3, 0.4) is 0 Å². The minimum atomic E-state index is 1.32. The Morgan fingerprint density at radius 1 is 1.25 bits per heavy atom. The van der Waals surface area contributed by atoms with Crippen molar-refractivity contribution in [3.63, 3.8) is 0 Å². The molecule has 0 saturated heterocycles. The summed E-state index contributed by atoms with van der Waals surface area (Å²) in [6.45, 7) is 11.8. The second-order valence-corrected chi connectivity index (χ2v) is 1.82. The summed E-state index contributed by atoms with van der Waals surface area (Å²) in [6, 6.07) is 0. The normalized spacial score (nSPS) is 8.92. The highest BCUT2D eigenvalue weighted by Gasteiger charge is 1.69. The number of allylic oxidation sites excluding steroid dienone is 4. The van der Waals surface area contributed by atoms with Crippen LogP contribution in [0, 0.1) is 12.3 Å². The third-order valence-electron chi connectivity index (χ3n) is 0.885.